The molecule has 0 atom stereocenters. The molecule has 8 heteroatoms. The number of likely N-dealkylation sites (tertiary alicyclic amines) is 2. The van der Waals surface area contributed by atoms with Crippen LogP contribution in [0.25, 0.3) is 22.4 Å². The van der Waals surface area contributed by atoms with Crippen LogP contribution in [0.2, 0.25) is 0 Å². The van der Waals surface area contributed by atoms with Gasteiger partial charge in [-0.2, -0.15) is 0 Å². The van der Waals surface area contributed by atoms with Gasteiger partial charge in [0, 0.05) is 28.9 Å². The molecule has 5 rings (SSSR count). The van der Waals surface area contributed by atoms with E-state index in [4.69, 9.17) is 4.98 Å². The van der Waals surface area contributed by atoms with Crippen LogP contribution < -0.4 is 0 Å². The predicted octanol–water partition coefficient (Wildman–Crippen LogP) is 6.00. The second-order valence-electron chi connectivity index (χ2n) is 11.5. The number of nitrogens with zero attached hydrogens (tertiary/aromatic N) is 3. The number of nitrogens with one attached hydrogen (secondary N) is 1. The van der Waals surface area contributed by atoms with Crippen LogP contribution in [0.4, 0.5) is 0 Å². The fraction of sp³-hybridized carbons (Fsp3) is 0.552. The Kier molecular flexibility index (Phi) is 7.83. The van der Waals surface area contributed by atoms with E-state index in [1.807, 2.05) is 12.1 Å². The molecule has 2 aliphatic heterocycles. The minimum atomic E-state index is -3.28. The van der Waals surface area contributed by atoms with E-state index in [1.54, 1.807) is 6.07 Å². The van der Waals surface area contributed by atoms with Crippen molar-refractivity contribution in [2.24, 2.45) is 5.92 Å². The third-order valence-electron chi connectivity index (χ3n) is 8.10. The Labute approximate surface area is 229 Å². The van der Waals surface area contributed by atoms with Gasteiger partial charge in [-0.25, -0.2) is 13.4 Å². The highest BCUT2D eigenvalue weighted by atomic mass is 79.9. The fourth-order valence-electron chi connectivity index (χ4n) is 6.22. The van der Waals surface area contributed by atoms with E-state index in [2.05, 4.69) is 63.6 Å². The molecule has 0 spiro atoms. The first-order chi connectivity index (χ1) is 17.6. The molecular weight excluding hydrogens is 548 g/mol. The van der Waals surface area contributed by atoms with Crippen LogP contribution in [-0.2, 0) is 9.84 Å². The Bertz CT molecular complexity index is 1370. The summed E-state index contributed by atoms with van der Waals surface area (Å²) in [6.07, 6.45) is 6.25. The Balaban J connectivity index is 1.27. The van der Waals surface area contributed by atoms with Gasteiger partial charge in [-0.05, 0) is 122 Å². The first kappa shape index (κ1) is 26.9. The highest BCUT2D eigenvalue weighted by molar-refractivity contribution is 9.10. The molecule has 0 bridgehead atoms. The maximum Gasteiger partial charge on any atom is 0.176 e. The molecule has 0 saturated carbocycles. The molecule has 1 aromatic heterocycles. The maximum absolute atomic E-state index is 12.0. The van der Waals surface area contributed by atoms with Gasteiger partial charge in [0.05, 0.1) is 15.9 Å². The van der Waals surface area contributed by atoms with E-state index in [0.717, 1.165) is 34.4 Å². The van der Waals surface area contributed by atoms with Gasteiger partial charge in [0.1, 0.15) is 5.82 Å². The van der Waals surface area contributed by atoms with E-state index in [9.17, 15) is 8.42 Å². The molecule has 0 unspecified atom stereocenters. The topological polar surface area (TPSA) is 69.3 Å². The van der Waals surface area contributed by atoms with Gasteiger partial charge in [-0.15, -0.1) is 0 Å². The number of benzene rings is 2. The molecule has 2 fully saturated rings. The van der Waals surface area contributed by atoms with Crippen LogP contribution in [0.1, 0.15) is 56.6 Å². The summed E-state index contributed by atoms with van der Waals surface area (Å²) in [7, 11) is -3.28. The lowest BCUT2D eigenvalue weighted by Gasteiger charge is -2.42. The van der Waals surface area contributed by atoms with Crippen molar-refractivity contribution in [3.63, 3.8) is 0 Å². The zero-order valence-electron chi connectivity index (χ0n) is 22.4. The molecule has 0 aliphatic carbocycles. The van der Waals surface area contributed by atoms with Crippen LogP contribution in [-0.4, -0.2) is 73.2 Å². The van der Waals surface area contributed by atoms with E-state index in [0.29, 0.717) is 15.3 Å². The second-order valence-corrected chi connectivity index (χ2v) is 14.3. The summed E-state index contributed by atoms with van der Waals surface area (Å²) in [5.41, 5.74) is 5.48. The van der Waals surface area contributed by atoms with Gasteiger partial charge in [-0.1, -0.05) is 19.9 Å². The number of aromatic amines is 1. The summed E-state index contributed by atoms with van der Waals surface area (Å²) in [6.45, 7) is 12.9. The van der Waals surface area contributed by atoms with Gasteiger partial charge < -0.3 is 14.8 Å². The number of hydrogen-bond acceptors (Lipinski definition) is 5. The maximum atomic E-state index is 12.0. The van der Waals surface area contributed by atoms with Crippen molar-refractivity contribution < 1.29 is 8.42 Å². The predicted molar refractivity (Wildman–Crippen MR) is 155 cm³/mol. The SMILES string of the molecule is Cc1cc(C2CCN(C3CCN(CC(C)C)CC3)CC2)cc2[nH]c(-c3ccc(S(C)(=O)=O)c(Br)c3)nc12. The average molecular weight is 588 g/mol. The van der Waals surface area contributed by atoms with E-state index < -0.39 is 9.84 Å². The number of sulfone groups is 1. The summed E-state index contributed by atoms with van der Waals surface area (Å²) >= 11 is 3.42. The van der Waals surface area contributed by atoms with Crippen molar-refractivity contribution in [2.75, 3.05) is 39.0 Å². The van der Waals surface area contributed by atoms with Crippen molar-refractivity contribution >= 4 is 36.8 Å². The first-order valence-corrected chi connectivity index (χ1v) is 16.2. The normalized spacial score (nSPS) is 19.3. The molecule has 2 saturated heterocycles. The Morgan fingerprint density at radius 2 is 1.76 bits per heavy atom. The Morgan fingerprint density at radius 3 is 2.38 bits per heavy atom. The fourth-order valence-corrected chi connectivity index (χ4v) is 8.21. The number of rotatable bonds is 6. The average Bonchev–Trinajstić information content (AvgIpc) is 3.28. The summed E-state index contributed by atoms with van der Waals surface area (Å²) < 4.78 is 24.5. The molecule has 3 heterocycles. The minimum Gasteiger partial charge on any atom is -0.338 e. The lowest BCUT2D eigenvalue weighted by Crippen LogP contribution is -2.48. The molecule has 2 aliphatic rings. The molecule has 200 valence electrons. The van der Waals surface area contributed by atoms with Crippen molar-refractivity contribution in [2.45, 2.75) is 63.3 Å². The molecule has 6 nitrogen and oxygen atoms in total. The number of hydrogen-bond donors (Lipinski definition) is 1. The summed E-state index contributed by atoms with van der Waals surface area (Å²) in [5, 5.41) is 0. The van der Waals surface area contributed by atoms with Crippen molar-refractivity contribution in [3.05, 3.63) is 45.9 Å². The van der Waals surface area contributed by atoms with Crippen LogP contribution in [0, 0.1) is 12.8 Å². The largest absolute Gasteiger partial charge is 0.338 e. The van der Waals surface area contributed by atoms with Gasteiger partial charge in [-0.3, -0.25) is 0 Å². The number of aromatic nitrogens is 2. The van der Waals surface area contributed by atoms with Crippen molar-refractivity contribution in [1.29, 1.82) is 0 Å². The quantitative estimate of drug-likeness (QED) is 0.383. The number of aryl methyl sites for hydroxylation is 1. The third kappa shape index (κ3) is 5.97. The summed E-state index contributed by atoms with van der Waals surface area (Å²) in [4.78, 5) is 14.0. The molecular formula is C29H39BrN4O2S. The number of H-pyrrole nitrogens is 1. The van der Waals surface area contributed by atoms with Gasteiger partial charge in [0.2, 0.25) is 0 Å². The molecule has 0 radical (unpaired) electrons. The number of fused-ring (bicyclic) bond motifs is 1. The zero-order valence-corrected chi connectivity index (χ0v) is 24.8. The molecule has 37 heavy (non-hydrogen) atoms. The molecule has 1 N–H and O–H groups in total. The number of halogens is 1. The van der Waals surface area contributed by atoms with Crippen molar-refractivity contribution in [3.8, 4) is 11.4 Å². The van der Waals surface area contributed by atoms with E-state index in [-0.39, 0.29) is 0 Å². The zero-order chi connectivity index (χ0) is 26.3. The van der Waals surface area contributed by atoms with E-state index in [1.165, 1.54) is 75.8 Å². The van der Waals surface area contributed by atoms with Gasteiger partial charge in [0.15, 0.2) is 9.84 Å². The van der Waals surface area contributed by atoms with Crippen LogP contribution in [0.15, 0.2) is 39.7 Å². The lowest BCUT2D eigenvalue weighted by atomic mass is 9.87. The number of imidazole rings is 1. The molecule has 0 amide bonds. The van der Waals surface area contributed by atoms with Crippen LogP contribution >= 0.6 is 15.9 Å². The third-order valence-corrected chi connectivity index (χ3v) is 10.2. The monoisotopic (exact) mass is 586 g/mol. The molecule has 2 aromatic carbocycles. The van der Waals surface area contributed by atoms with Gasteiger partial charge in [0.25, 0.3) is 0 Å². The second kappa shape index (κ2) is 10.8. The smallest absolute Gasteiger partial charge is 0.176 e. The lowest BCUT2D eigenvalue weighted by molar-refractivity contribution is 0.0828. The summed E-state index contributed by atoms with van der Waals surface area (Å²) in [6, 6.07) is 10.6. The van der Waals surface area contributed by atoms with E-state index >= 15 is 0 Å². The highest BCUT2D eigenvalue weighted by Gasteiger charge is 2.29. The van der Waals surface area contributed by atoms with Crippen LogP contribution in [0.3, 0.4) is 0 Å². The first-order valence-electron chi connectivity index (χ1n) is 13.5. The Hall–Kier alpha value is -1.74. The van der Waals surface area contributed by atoms with Gasteiger partial charge >= 0.3 is 0 Å². The standard InChI is InChI=1S/C29H39BrN4O2S/c1-19(2)18-33-11-9-24(10-12-33)34-13-7-21(8-14-34)23-15-20(3)28-26(17-23)31-29(32-28)22-5-6-27(25(30)16-22)37(4,35)36/h5-6,15-17,19,21,24H,7-14,18H2,1-4H3,(H,31,32). The van der Waals surface area contributed by atoms with Crippen molar-refractivity contribution in [1.82, 2.24) is 19.8 Å². The minimum absolute atomic E-state index is 0.290. The summed E-state index contributed by atoms with van der Waals surface area (Å²) in [5.74, 6) is 2.09. The molecule has 3 aromatic rings. The Morgan fingerprint density at radius 1 is 1.05 bits per heavy atom. The highest BCUT2D eigenvalue weighted by Crippen LogP contribution is 2.34. The van der Waals surface area contributed by atoms with Crippen LogP contribution in [0.5, 0.6) is 0 Å². The number of piperidine rings is 2.